The van der Waals surface area contributed by atoms with Crippen molar-refractivity contribution in [2.24, 2.45) is 5.73 Å². The highest BCUT2D eigenvalue weighted by molar-refractivity contribution is 5.87. The van der Waals surface area contributed by atoms with E-state index in [4.69, 9.17) is 15.2 Å². The van der Waals surface area contributed by atoms with Crippen LogP contribution in [0.25, 0.3) is 34.0 Å². The van der Waals surface area contributed by atoms with Gasteiger partial charge in [-0.2, -0.15) is 0 Å². The second-order valence-electron chi connectivity index (χ2n) is 8.18. The summed E-state index contributed by atoms with van der Waals surface area (Å²) in [5, 5.41) is 7.08. The van der Waals surface area contributed by atoms with E-state index in [1.807, 2.05) is 62.4 Å². The molecule has 4 aromatic rings. The monoisotopic (exact) mass is 442 g/mol. The summed E-state index contributed by atoms with van der Waals surface area (Å²) in [4.78, 5) is 26.2. The number of nitrogens with one attached hydrogen (secondary N) is 1. The lowest BCUT2D eigenvalue weighted by Gasteiger charge is -2.23. The first-order chi connectivity index (χ1) is 16.0. The highest BCUT2D eigenvalue weighted by Crippen LogP contribution is 2.28. The molecule has 1 amide bonds. The molecule has 168 valence electrons. The van der Waals surface area contributed by atoms with Crippen LogP contribution >= 0.6 is 0 Å². The van der Waals surface area contributed by atoms with Crippen LogP contribution in [0, 0.1) is 0 Å². The summed E-state index contributed by atoms with van der Waals surface area (Å²) in [5.41, 5.74) is 9.05. The number of hydrogen-bond donors (Lipinski definition) is 2. The summed E-state index contributed by atoms with van der Waals surface area (Å²) in [6.45, 7) is 4.76. The molecule has 0 saturated carbocycles. The van der Waals surface area contributed by atoms with Crippen LogP contribution < -0.4 is 11.1 Å². The van der Waals surface area contributed by atoms with Crippen molar-refractivity contribution in [2.45, 2.75) is 25.7 Å². The number of aromatic nitrogens is 4. The Morgan fingerprint density at radius 1 is 1.03 bits per heavy atom. The maximum absolute atomic E-state index is 12.7. The largest absolute Gasteiger partial charge is 0.355 e. The van der Waals surface area contributed by atoms with E-state index < -0.39 is 5.41 Å². The van der Waals surface area contributed by atoms with Crippen LogP contribution in [0.15, 0.2) is 71.6 Å². The molecule has 0 radical (unpaired) electrons. The van der Waals surface area contributed by atoms with Gasteiger partial charge in [0.25, 0.3) is 0 Å². The second-order valence-corrected chi connectivity index (χ2v) is 8.18. The molecule has 0 aliphatic carbocycles. The van der Waals surface area contributed by atoms with Crippen molar-refractivity contribution in [1.29, 1.82) is 0 Å². The number of pyridine rings is 1. The summed E-state index contributed by atoms with van der Waals surface area (Å²) in [6, 6.07) is 15.3. The van der Waals surface area contributed by atoms with Crippen molar-refractivity contribution in [1.82, 2.24) is 25.4 Å². The van der Waals surface area contributed by atoms with E-state index in [0.717, 1.165) is 23.2 Å². The maximum Gasteiger partial charge on any atom is 0.231 e. The normalized spacial score (nSPS) is 11.4. The van der Waals surface area contributed by atoms with Gasteiger partial charge >= 0.3 is 0 Å². The van der Waals surface area contributed by atoms with Crippen molar-refractivity contribution in [3.05, 3.63) is 72.8 Å². The van der Waals surface area contributed by atoms with Crippen molar-refractivity contribution in [2.75, 3.05) is 13.1 Å². The minimum absolute atomic E-state index is 0.101. The van der Waals surface area contributed by atoms with Crippen LogP contribution in [-0.4, -0.2) is 39.1 Å². The SMILES string of the molecule is CC(C)(C(=O)NCCCN)c1cc(-c2cncc(-c3cc(-c4ccccc4)no3)n2)ccn1. The molecule has 3 aromatic heterocycles. The second kappa shape index (κ2) is 9.70. The number of nitrogens with zero attached hydrogens (tertiary/aromatic N) is 4. The Hall–Kier alpha value is -3.91. The third-order valence-electron chi connectivity index (χ3n) is 5.40. The summed E-state index contributed by atoms with van der Waals surface area (Å²) in [6.07, 6.45) is 5.71. The number of benzene rings is 1. The molecule has 0 fully saturated rings. The fraction of sp³-hybridized carbons (Fsp3) is 0.240. The maximum atomic E-state index is 12.7. The van der Waals surface area contributed by atoms with Gasteiger partial charge in [-0.3, -0.25) is 14.8 Å². The van der Waals surface area contributed by atoms with E-state index in [-0.39, 0.29) is 5.91 Å². The summed E-state index contributed by atoms with van der Waals surface area (Å²) in [5.74, 6) is 0.424. The number of carbonyl (C=O) groups is 1. The topological polar surface area (TPSA) is 120 Å². The Morgan fingerprint density at radius 3 is 2.61 bits per heavy atom. The number of nitrogens with two attached hydrogens (primary N) is 1. The lowest BCUT2D eigenvalue weighted by molar-refractivity contribution is -0.125. The highest BCUT2D eigenvalue weighted by Gasteiger charge is 2.31. The molecule has 0 atom stereocenters. The molecule has 3 N–H and O–H groups in total. The van der Waals surface area contributed by atoms with Crippen LogP contribution in [0.5, 0.6) is 0 Å². The zero-order valence-corrected chi connectivity index (χ0v) is 18.7. The average molecular weight is 443 g/mol. The molecule has 4 rings (SSSR count). The Balaban J connectivity index is 1.59. The number of amides is 1. The van der Waals surface area contributed by atoms with Crippen LogP contribution in [0.2, 0.25) is 0 Å². The number of hydrogen-bond acceptors (Lipinski definition) is 7. The van der Waals surface area contributed by atoms with E-state index in [2.05, 4.69) is 20.4 Å². The fourth-order valence-corrected chi connectivity index (χ4v) is 3.34. The van der Waals surface area contributed by atoms with Crippen LogP contribution in [0.3, 0.4) is 0 Å². The average Bonchev–Trinajstić information content (AvgIpc) is 3.35. The smallest absolute Gasteiger partial charge is 0.231 e. The molecule has 0 aliphatic rings. The molecular weight excluding hydrogens is 416 g/mol. The van der Waals surface area contributed by atoms with E-state index in [0.29, 0.717) is 35.9 Å². The van der Waals surface area contributed by atoms with E-state index in [9.17, 15) is 4.79 Å². The van der Waals surface area contributed by atoms with Gasteiger partial charge in [-0.1, -0.05) is 35.5 Å². The first-order valence-electron chi connectivity index (χ1n) is 10.8. The Morgan fingerprint density at radius 2 is 1.82 bits per heavy atom. The Bertz CT molecular complexity index is 1240. The van der Waals surface area contributed by atoms with Gasteiger partial charge in [-0.25, -0.2) is 4.98 Å². The first-order valence-corrected chi connectivity index (χ1v) is 10.8. The molecule has 3 heterocycles. The number of carbonyl (C=O) groups excluding carboxylic acids is 1. The molecular formula is C25H26N6O2. The quantitative estimate of drug-likeness (QED) is 0.400. The summed E-state index contributed by atoms with van der Waals surface area (Å²) in [7, 11) is 0. The number of rotatable bonds is 8. The lowest BCUT2D eigenvalue weighted by Crippen LogP contribution is -2.41. The Labute approximate surface area is 192 Å². The molecule has 0 saturated heterocycles. The van der Waals surface area contributed by atoms with E-state index in [1.165, 1.54) is 0 Å². The highest BCUT2D eigenvalue weighted by atomic mass is 16.5. The van der Waals surface area contributed by atoms with E-state index >= 15 is 0 Å². The third kappa shape index (κ3) is 4.96. The molecule has 8 heteroatoms. The van der Waals surface area contributed by atoms with Gasteiger partial charge in [0.2, 0.25) is 5.91 Å². The van der Waals surface area contributed by atoms with Crippen LogP contribution in [-0.2, 0) is 10.2 Å². The van der Waals surface area contributed by atoms with Gasteiger partial charge in [0, 0.05) is 29.9 Å². The molecule has 33 heavy (non-hydrogen) atoms. The molecule has 0 spiro atoms. The van der Waals surface area contributed by atoms with Gasteiger partial charge < -0.3 is 15.6 Å². The molecule has 0 unspecified atom stereocenters. The standard InChI is InChI=1S/C25H26N6O2/c1-25(2,24(32)29-11-6-10-26)23-13-18(9-12-28-23)20-15-27-16-21(30-20)22-14-19(31-33-22)17-7-4-3-5-8-17/h3-5,7-9,12-16H,6,10-11,26H2,1-2H3,(H,29,32). The molecule has 0 bridgehead atoms. The predicted octanol–water partition coefficient (Wildman–Crippen LogP) is 3.60. The van der Waals surface area contributed by atoms with Crippen molar-refractivity contribution < 1.29 is 9.32 Å². The minimum Gasteiger partial charge on any atom is -0.355 e. The summed E-state index contributed by atoms with van der Waals surface area (Å²) < 4.78 is 5.53. The summed E-state index contributed by atoms with van der Waals surface area (Å²) >= 11 is 0. The zero-order valence-electron chi connectivity index (χ0n) is 18.7. The zero-order chi connectivity index (χ0) is 23.3. The van der Waals surface area contributed by atoms with Gasteiger partial charge in [-0.15, -0.1) is 0 Å². The van der Waals surface area contributed by atoms with Gasteiger partial charge in [0.1, 0.15) is 11.4 Å². The fourth-order valence-electron chi connectivity index (χ4n) is 3.34. The predicted molar refractivity (Wildman–Crippen MR) is 126 cm³/mol. The molecule has 0 aliphatic heterocycles. The van der Waals surface area contributed by atoms with Gasteiger partial charge in [0.15, 0.2) is 5.76 Å². The molecule has 1 aromatic carbocycles. The lowest BCUT2D eigenvalue weighted by atomic mass is 9.86. The van der Waals surface area contributed by atoms with Crippen molar-refractivity contribution in [3.8, 4) is 34.0 Å². The van der Waals surface area contributed by atoms with E-state index in [1.54, 1.807) is 18.6 Å². The molecule has 8 nitrogen and oxygen atoms in total. The van der Waals surface area contributed by atoms with Crippen LogP contribution in [0.1, 0.15) is 26.0 Å². The van der Waals surface area contributed by atoms with Crippen LogP contribution in [0.4, 0.5) is 0 Å². The van der Waals surface area contributed by atoms with Crippen molar-refractivity contribution >= 4 is 5.91 Å². The minimum atomic E-state index is -0.814. The van der Waals surface area contributed by atoms with Crippen molar-refractivity contribution in [3.63, 3.8) is 0 Å². The van der Waals surface area contributed by atoms with Gasteiger partial charge in [-0.05, 0) is 38.9 Å². The Kier molecular flexibility index (Phi) is 6.55. The third-order valence-corrected chi connectivity index (χ3v) is 5.40. The van der Waals surface area contributed by atoms with Gasteiger partial charge in [0.05, 0.1) is 29.2 Å². The first kappa shape index (κ1) is 22.3.